The van der Waals surface area contributed by atoms with Gasteiger partial charge in [0, 0.05) is 18.0 Å². The normalized spacial score (nSPS) is 25.4. The minimum absolute atomic E-state index is 0.0421. The lowest BCUT2D eigenvalue weighted by atomic mass is 9.53. The molecule has 3 heterocycles. The monoisotopic (exact) mass is 605 g/mol. The molecule has 0 saturated heterocycles. The Morgan fingerprint density at radius 1 is 1.09 bits per heavy atom. The molecule has 3 fully saturated rings. The van der Waals surface area contributed by atoms with E-state index in [4.69, 9.17) is 4.74 Å². The zero-order chi connectivity index (χ0) is 29.9. The van der Waals surface area contributed by atoms with Crippen LogP contribution in [-0.4, -0.2) is 51.9 Å². The number of hydrogen-bond acceptors (Lipinski definition) is 8. The van der Waals surface area contributed by atoms with E-state index in [1.807, 2.05) is 0 Å². The van der Waals surface area contributed by atoms with Gasteiger partial charge >= 0.3 is 5.97 Å². The van der Waals surface area contributed by atoms with Crippen LogP contribution in [0.15, 0.2) is 23.0 Å². The van der Waals surface area contributed by atoms with Gasteiger partial charge in [0.05, 0.1) is 22.4 Å². The second-order valence-corrected chi connectivity index (χ2v) is 13.4. The van der Waals surface area contributed by atoms with Gasteiger partial charge in [0.25, 0.3) is 17.4 Å². The van der Waals surface area contributed by atoms with E-state index in [1.165, 1.54) is 11.3 Å². The molecule has 2 aromatic heterocycles. The first kappa shape index (κ1) is 27.6. The third kappa shape index (κ3) is 4.75. The molecule has 4 aliphatic carbocycles. The summed E-state index contributed by atoms with van der Waals surface area (Å²) in [7, 11) is 0. The molecular formula is C30H31N5O7S. The van der Waals surface area contributed by atoms with Gasteiger partial charge in [-0.25, -0.2) is 4.98 Å². The highest BCUT2D eigenvalue weighted by atomic mass is 32.1. The smallest absolute Gasteiger partial charge is 0.309 e. The van der Waals surface area contributed by atoms with Crippen molar-refractivity contribution in [1.82, 2.24) is 20.6 Å². The summed E-state index contributed by atoms with van der Waals surface area (Å²) in [4.78, 5) is 71.4. The van der Waals surface area contributed by atoms with E-state index in [2.05, 4.69) is 25.9 Å². The molecule has 1 unspecified atom stereocenters. The van der Waals surface area contributed by atoms with Crippen LogP contribution in [0.25, 0.3) is 10.2 Å². The van der Waals surface area contributed by atoms with Crippen LogP contribution in [0.4, 0.5) is 5.69 Å². The zero-order valence-corrected chi connectivity index (χ0v) is 24.2. The summed E-state index contributed by atoms with van der Waals surface area (Å²) in [5, 5.41) is 18.7. The third-order valence-corrected chi connectivity index (χ3v) is 11.0. The Morgan fingerprint density at radius 3 is 2.60 bits per heavy atom. The highest BCUT2D eigenvalue weighted by Crippen LogP contribution is 2.56. The van der Waals surface area contributed by atoms with Gasteiger partial charge in [-0.15, -0.1) is 11.3 Å². The third-order valence-electron chi connectivity index (χ3n) is 9.84. The lowest BCUT2D eigenvalue weighted by Crippen LogP contribution is -2.50. The second-order valence-electron chi connectivity index (χ2n) is 12.3. The molecule has 224 valence electrons. The van der Waals surface area contributed by atoms with E-state index >= 15 is 0 Å². The average molecular weight is 606 g/mol. The number of thiophene rings is 1. The molecule has 0 spiro atoms. The van der Waals surface area contributed by atoms with E-state index in [1.54, 1.807) is 18.2 Å². The van der Waals surface area contributed by atoms with Crippen molar-refractivity contribution in [3.05, 3.63) is 50.4 Å². The number of aromatic nitrogens is 2. The van der Waals surface area contributed by atoms with Crippen molar-refractivity contribution in [2.24, 2.45) is 10.8 Å². The molecule has 2 bridgehead atoms. The van der Waals surface area contributed by atoms with Gasteiger partial charge in [0.1, 0.15) is 10.6 Å². The molecule has 13 heteroatoms. The van der Waals surface area contributed by atoms with Gasteiger partial charge in [0.2, 0.25) is 11.7 Å². The van der Waals surface area contributed by atoms with Crippen LogP contribution in [0.1, 0.15) is 77.5 Å². The number of H-pyrrole nitrogens is 1. The van der Waals surface area contributed by atoms with E-state index in [9.17, 15) is 29.1 Å². The molecule has 3 aromatic rings. The summed E-state index contributed by atoms with van der Waals surface area (Å²) < 4.78 is 5.36. The minimum atomic E-state index is -0.701. The molecule has 5 N–H and O–H groups in total. The fourth-order valence-electron chi connectivity index (χ4n) is 7.17. The summed E-state index contributed by atoms with van der Waals surface area (Å²) in [5.74, 6) is -1.66. The van der Waals surface area contributed by atoms with Gasteiger partial charge in [-0.3, -0.25) is 24.0 Å². The predicted molar refractivity (Wildman–Crippen MR) is 156 cm³/mol. The molecule has 1 aliphatic heterocycles. The van der Waals surface area contributed by atoms with Crippen molar-refractivity contribution in [2.45, 2.75) is 63.8 Å². The number of nitrogens with one attached hydrogen (secondary N) is 4. The number of ether oxygens (including phenoxy) is 1. The van der Waals surface area contributed by atoms with Crippen LogP contribution in [0, 0.1) is 10.8 Å². The summed E-state index contributed by atoms with van der Waals surface area (Å²) in [6.07, 6.45) is 5.59. The van der Waals surface area contributed by atoms with Gasteiger partial charge in [-0.05, 0) is 80.0 Å². The number of carboxylic acid groups (broad SMARTS) is 1. The number of carbonyl (C=O) groups excluding carboxylic acids is 3. The lowest BCUT2D eigenvalue weighted by molar-refractivity contribution is -0.159. The first-order valence-corrected chi connectivity index (χ1v) is 15.4. The fraction of sp³-hybridized carbons (Fsp3) is 0.467. The van der Waals surface area contributed by atoms with Crippen LogP contribution in [0.3, 0.4) is 0 Å². The first-order chi connectivity index (χ1) is 20.7. The van der Waals surface area contributed by atoms with Crippen molar-refractivity contribution in [2.75, 3.05) is 18.5 Å². The number of anilines is 1. The van der Waals surface area contributed by atoms with Crippen LogP contribution in [0.2, 0.25) is 0 Å². The summed E-state index contributed by atoms with van der Waals surface area (Å²) in [6, 6.07) is 5.21. The molecule has 1 atom stereocenters. The maximum Gasteiger partial charge on any atom is 0.309 e. The number of aromatic amines is 1. The Labute approximate surface area is 249 Å². The number of carboxylic acids is 1. The maximum absolute atomic E-state index is 13.4. The number of amides is 3. The Balaban J connectivity index is 1.03. The average Bonchev–Trinajstić information content (AvgIpc) is 3.58. The van der Waals surface area contributed by atoms with Gasteiger partial charge in [-0.1, -0.05) is 6.07 Å². The molecule has 3 saturated carbocycles. The van der Waals surface area contributed by atoms with Crippen molar-refractivity contribution in [3.63, 3.8) is 0 Å². The highest BCUT2D eigenvalue weighted by molar-refractivity contribution is 7.18. The van der Waals surface area contributed by atoms with E-state index < -0.39 is 28.8 Å². The molecule has 8 rings (SSSR count). The second kappa shape index (κ2) is 10.2. The first-order valence-electron chi connectivity index (χ1n) is 14.6. The number of benzene rings is 1. The van der Waals surface area contributed by atoms with Gasteiger partial charge < -0.3 is 30.8 Å². The Hall–Kier alpha value is -4.26. The van der Waals surface area contributed by atoms with Crippen molar-refractivity contribution in [1.29, 1.82) is 0 Å². The SMILES string of the molecule is O=C1COc2ccc(CNC(=O)c3nc4sc5c(c4c(=O)[nH]3)C(C(=O)NCC34CCC(C(=O)O)(CC3)CC4)CC5)cc2N1. The largest absolute Gasteiger partial charge is 0.482 e. The maximum atomic E-state index is 13.4. The van der Waals surface area contributed by atoms with Crippen molar-refractivity contribution < 1.29 is 29.0 Å². The fourth-order valence-corrected chi connectivity index (χ4v) is 8.42. The topological polar surface area (TPSA) is 180 Å². The quantitative estimate of drug-likeness (QED) is 0.273. The summed E-state index contributed by atoms with van der Waals surface area (Å²) >= 11 is 1.34. The standard InChI is InChI=1S/C30H31N5O7S/c36-20-13-42-18-3-1-15(11-17(18)33-20)12-31-26(39)23-34-25(38)22-21-16(2-4-19(21)43-27(22)35-23)24(37)32-14-29-5-8-30(9-6-29,10-7-29)28(40)41/h1,3,11,16H,2,4-10,12-14H2,(H,31,39)(H,32,37)(H,33,36)(H,40,41)(H,34,35,38). The van der Waals surface area contributed by atoms with E-state index in [0.717, 1.165) is 29.7 Å². The Kier molecular flexibility index (Phi) is 6.53. The molecule has 5 aliphatic rings. The zero-order valence-electron chi connectivity index (χ0n) is 23.3. The van der Waals surface area contributed by atoms with Crippen LogP contribution < -0.4 is 26.2 Å². The number of carbonyl (C=O) groups is 4. The van der Waals surface area contributed by atoms with Gasteiger partial charge in [0.15, 0.2) is 6.61 Å². The summed E-state index contributed by atoms with van der Waals surface area (Å²) in [5.41, 5.74) is 0.844. The molecule has 3 amide bonds. The predicted octanol–water partition coefficient (Wildman–Crippen LogP) is 2.82. The Morgan fingerprint density at radius 2 is 1.86 bits per heavy atom. The lowest BCUT2D eigenvalue weighted by Gasteiger charge is -2.51. The number of nitrogens with zero attached hydrogens (tertiary/aromatic N) is 1. The molecular weight excluding hydrogens is 574 g/mol. The molecule has 0 radical (unpaired) electrons. The van der Waals surface area contributed by atoms with Crippen LogP contribution in [0.5, 0.6) is 5.75 Å². The number of rotatable bonds is 7. The molecule has 1 aromatic carbocycles. The number of hydrogen-bond donors (Lipinski definition) is 5. The van der Waals surface area contributed by atoms with Crippen molar-refractivity contribution in [3.8, 4) is 5.75 Å². The Bertz CT molecular complexity index is 1740. The van der Waals surface area contributed by atoms with Gasteiger partial charge in [-0.2, -0.15) is 0 Å². The molecule has 12 nitrogen and oxygen atoms in total. The van der Waals surface area contributed by atoms with Crippen molar-refractivity contribution >= 4 is 50.9 Å². The van der Waals surface area contributed by atoms with E-state index in [0.29, 0.717) is 65.9 Å². The van der Waals surface area contributed by atoms with Crippen LogP contribution in [-0.2, 0) is 27.3 Å². The summed E-state index contributed by atoms with van der Waals surface area (Å²) in [6.45, 7) is 0.614. The molecule has 43 heavy (non-hydrogen) atoms. The minimum Gasteiger partial charge on any atom is -0.482 e. The number of aryl methyl sites for hydroxylation is 1. The van der Waals surface area contributed by atoms with Crippen LogP contribution >= 0.6 is 11.3 Å². The number of aliphatic carboxylic acids is 1. The highest BCUT2D eigenvalue weighted by Gasteiger charge is 2.52. The van der Waals surface area contributed by atoms with E-state index in [-0.39, 0.29) is 36.2 Å². The number of fused-ring (bicyclic) bond motifs is 7.